The lowest BCUT2D eigenvalue weighted by Gasteiger charge is -2.34. The van der Waals surface area contributed by atoms with Crippen molar-refractivity contribution in [1.82, 2.24) is 0 Å². The molecule has 0 aliphatic heterocycles. The van der Waals surface area contributed by atoms with E-state index in [1.165, 1.54) is 0 Å². The van der Waals surface area contributed by atoms with Crippen molar-refractivity contribution in [2.75, 3.05) is 0 Å². The van der Waals surface area contributed by atoms with Crippen molar-refractivity contribution in [2.24, 2.45) is 16.6 Å². The van der Waals surface area contributed by atoms with Gasteiger partial charge < -0.3 is 30.4 Å². The normalized spacial score (nSPS) is 26.4. The predicted octanol–water partition coefficient (Wildman–Crippen LogP) is -0.0353. The second-order valence-corrected chi connectivity index (χ2v) is 9.29. The average molecular weight is 344 g/mol. The summed E-state index contributed by atoms with van der Waals surface area (Å²) in [6, 6.07) is -0.298. The Morgan fingerprint density at radius 2 is 1.67 bits per heavy atom. The maximum absolute atomic E-state index is 11.2. The molecule has 11 heteroatoms. The van der Waals surface area contributed by atoms with Gasteiger partial charge in [0, 0.05) is 5.92 Å². The minimum atomic E-state index is -5.02. The monoisotopic (exact) mass is 344 g/mol. The van der Waals surface area contributed by atoms with Gasteiger partial charge in [-0.25, -0.2) is 0 Å². The van der Waals surface area contributed by atoms with Crippen LogP contribution in [0.25, 0.3) is 0 Å². The van der Waals surface area contributed by atoms with E-state index in [1.54, 1.807) is 0 Å². The second-order valence-electron chi connectivity index (χ2n) is 5.28. The van der Waals surface area contributed by atoms with Crippen molar-refractivity contribution in [3.8, 4) is 0 Å². The topological polar surface area (TPSA) is 174 Å². The van der Waals surface area contributed by atoms with Crippen LogP contribution in [0.4, 0.5) is 0 Å². The number of aliphatic imine (C=N–C) groups is 1. The van der Waals surface area contributed by atoms with Gasteiger partial charge in [-0.2, -0.15) is 0 Å². The summed E-state index contributed by atoms with van der Waals surface area (Å²) in [6.07, 6.45) is 2.13. The highest BCUT2D eigenvalue weighted by Gasteiger charge is 2.46. The summed E-state index contributed by atoms with van der Waals surface area (Å²) in [6.45, 7) is 0. The molecule has 3 atom stereocenters. The van der Waals surface area contributed by atoms with Crippen molar-refractivity contribution in [2.45, 2.75) is 49.6 Å². The van der Waals surface area contributed by atoms with E-state index in [1.807, 2.05) is 0 Å². The summed E-state index contributed by atoms with van der Waals surface area (Å²) < 4.78 is 22.5. The molecular weight excluding hydrogens is 322 g/mol. The molecule has 9 nitrogen and oxygen atoms in total. The smallest absolute Gasteiger partial charge is 0.340 e. The van der Waals surface area contributed by atoms with Crippen LogP contribution in [0.1, 0.15) is 32.1 Å². The van der Waals surface area contributed by atoms with Gasteiger partial charge in [0.2, 0.25) is 0 Å². The molecule has 1 aliphatic rings. The molecule has 1 fully saturated rings. The zero-order chi connectivity index (χ0) is 16.3. The molecular formula is C10H22N2O7P2. The molecule has 1 rings (SSSR count). The molecule has 7 N–H and O–H groups in total. The number of hydrogen-bond donors (Lipinski definition) is 6. The lowest BCUT2D eigenvalue weighted by molar-refractivity contribution is 0.0661. The van der Waals surface area contributed by atoms with Crippen LogP contribution >= 0.6 is 15.2 Å². The van der Waals surface area contributed by atoms with Crippen molar-refractivity contribution in [3.63, 3.8) is 0 Å². The quantitative estimate of drug-likeness (QED) is 0.221. The number of hydrogen-bond acceptors (Lipinski definition) is 4. The Hall–Kier alpha value is -0.270. The molecule has 0 aromatic rings. The van der Waals surface area contributed by atoms with Gasteiger partial charge in [-0.3, -0.25) is 14.1 Å². The maximum atomic E-state index is 11.2. The highest BCUT2D eigenvalue weighted by atomic mass is 31.2. The van der Waals surface area contributed by atoms with Crippen LogP contribution in [0.3, 0.4) is 0 Å². The van der Waals surface area contributed by atoms with E-state index in [0.29, 0.717) is 12.8 Å². The molecule has 1 saturated carbocycles. The molecule has 21 heavy (non-hydrogen) atoms. The van der Waals surface area contributed by atoms with Gasteiger partial charge in [0.05, 0.1) is 18.5 Å². The lowest BCUT2D eigenvalue weighted by atomic mass is 9.80. The van der Waals surface area contributed by atoms with Gasteiger partial charge in [-0.05, 0) is 19.3 Å². The zero-order valence-corrected chi connectivity index (χ0v) is 13.2. The molecule has 124 valence electrons. The second kappa shape index (κ2) is 7.33. The largest absolute Gasteiger partial charge is 0.393 e. The molecule has 0 heterocycles. The highest BCUT2D eigenvalue weighted by molar-refractivity contribution is 7.70. The lowest BCUT2D eigenvalue weighted by Crippen LogP contribution is -2.36. The fourth-order valence-electron chi connectivity index (χ4n) is 2.75. The van der Waals surface area contributed by atoms with E-state index in [-0.39, 0.29) is 6.04 Å². The van der Waals surface area contributed by atoms with Crippen molar-refractivity contribution < 1.29 is 33.8 Å². The summed E-state index contributed by atoms with van der Waals surface area (Å²) in [5.74, 6) is -0.417. The molecule has 0 aromatic heterocycles. The SMILES string of the molecule is NC=NC1CCCCC1C(O)CC(P(=O)(O)O)P(=O)(O)O. The Labute approximate surface area is 122 Å². The van der Waals surface area contributed by atoms with Gasteiger partial charge in [-0.1, -0.05) is 12.8 Å². The van der Waals surface area contributed by atoms with Crippen LogP contribution in [-0.2, 0) is 9.13 Å². The van der Waals surface area contributed by atoms with Crippen molar-refractivity contribution in [3.05, 3.63) is 0 Å². The minimum absolute atomic E-state index is 0.298. The summed E-state index contributed by atoms with van der Waals surface area (Å²) in [7, 11) is -10.0. The van der Waals surface area contributed by atoms with E-state index in [0.717, 1.165) is 19.2 Å². The Morgan fingerprint density at radius 1 is 1.14 bits per heavy atom. The standard InChI is InChI=1S/C10H22N2O7P2/c11-6-12-8-4-2-1-3-7(8)9(13)5-10(20(14,15)16)21(17,18)19/h6-10,13H,1-5H2,(H2,11,12)(H2,14,15,16)(H2,17,18,19). The Bertz CT molecular complexity index is 438. The van der Waals surface area contributed by atoms with E-state index in [9.17, 15) is 14.2 Å². The molecule has 0 spiro atoms. The van der Waals surface area contributed by atoms with Crippen LogP contribution < -0.4 is 5.73 Å². The first-order chi connectivity index (χ1) is 9.57. The van der Waals surface area contributed by atoms with Gasteiger partial charge >= 0.3 is 15.2 Å². The zero-order valence-electron chi connectivity index (χ0n) is 11.4. The molecule has 1 aliphatic carbocycles. The third kappa shape index (κ3) is 5.45. The van der Waals surface area contributed by atoms with E-state index >= 15 is 0 Å². The Balaban J connectivity index is 2.88. The molecule has 0 amide bonds. The number of aliphatic hydroxyl groups excluding tert-OH is 1. The van der Waals surface area contributed by atoms with Gasteiger partial charge in [0.1, 0.15) is 0 Å². The highest BCUT2D eigenvalue weighted by Crippen LogP contribution is 2.62. The number of rotatable bonds is 6. The van der Waals surface area contributed by atoms with Gasteiger partial charge in [-0.15, -0.1) is 0 Å². The molecule has 3 unspecified atom stereocenters. The molecule has 0 saturated heterocycles. The fraction of sp³-hybridized carbons (Fsp3) is 0.900. The van der Waals surface area contributed by atoms with Gasteiger partial charge in [0.15, 0.2) is 5.40 Å². The van der Waals surface area contributed by atoms with E-state index < -0.39 is 39.0 Å². The summed E-state index contributed by atoms with van der Waals surface area (Å²) in [5, 5.41) is 7.98. The van der Waals surface area contributed by atoms with Crippen molar-refractivity contribution in [1.29, 1.82) is 0 Å². The summed E-state index contributed by atoms with van der Waals surface area (Å²) in [4.78, 5) is 40.4. The third-order valence-corrected chi connectivity index (χ3v) is 7.56. The number of nitrogens with two attached hydrogens (primary N) is 1. The summed E-state index contributed by atoms with van der Waals surface area (Å²) >= 11 is 0. The first-order valence-electron chi connectivity index (χ1n) is 6.59. The van der Waals surface area contributed by atoms with Crippen LogP contribution in [-0.4, -0.2) is 48.6 Å². The molecule has 0 bridgehead atoms. The van der Waals surface area contributed by atoms with E-state index in [2.05, 4.69) is 4.99 Å². The van der Waals surface area contributed by atoms with E-state index in [4.69, 9.17) is 25.3 Å². The van der Waals surface area contributed by atoms with Crippen LogP contribution in [0.5, 0.6) is 0 Å². The molecule has 0 radical (unpaired) electrons. The minimum Gasteiger partial charge on any atom is -0.393 e. The third-order valence-electron chi connectivity index (χ3n) is 3.78. The Morgan fingerprint density at radius 3 is 2.14 bits per heavy atom. The van der Waals surface area contributed by atoms with Gasteiger partial charge in [0.25, 0.3) is 0 Å². The number of nitrogens with zero attached hydrogens (tertiary/aromatic N) is 1. The number of aliphatic hydroxyl groups is 1. The van der Waals surface area contributed by atoms with Crippen LogP contribution in [0, 0.1) is 5.92 Å². The van der Waals surface area contributed by atoms with Crippen LogP contribution in [0.2, 0.25) is 0 Å². The fourth-order valence-corrected chi connectivity index (χ4v) is 5.29. The first-order valence-corrected chi connectivity index (χ1v) is 9.95. The Kier molecular flexibility index (Phi) is 6.55. The molecule has 0 aromatic carbocycles. The predicted molar refractivity (Wildman–Crippen MR) is 76.9 cm³/mol. The van der Waals surface area contributed by atoms with Crippen LogP contribution in [0.15, 0.2) is 4.99 Å². The summed E-state index contributed by atoms with van der Waals surface area (Å²) in [5.41, 5.74) is 5.24. The maximum Gasteiger partial charge on any atom is 0.340 e. The van der Waals surface area contributed by atoms with Crippen molar-refractivity contribution >= 4 is 21.5 Å². The average Bonchev–Trinajstić information content (AvgIpc) is 2.34. The first kappa shape index (κ1) is 18.8.